The Kier molecular flexibility index (Phi) is 34.2. The summed E-state index contributed by atoms with van der Waals surface area (Å²) in [5.74, 6) is -1.78. The van der Waals surface area contributed by atoms with Gasteiger partial charge in [0.1, 0.15) is 12.1 Å². The molecule has 0 spiro atoms. The zero-order valence-corrected chi connectivity index (χ0v) is 32.2. The summed E-state index contributed by atoms with van der Waals surface area (Å²) in [6.07, 6.45) is 34.1. The molecule has 0 amide bonds. The molecule has 3 atom stereocenters. The van der Waals surface area contributed by atoms with Crippen LogP contribution < -0.4 is 5.73 Å². The molecule has 0 saturated carbocycles. The topological polar surface area (TPSA) is 155 Å². The minimum Gasteiger partial charge on any atom is -0.480 e. The normalized spacial score (nSPS) is 14.2. The van der Waals surface area contributed by atoms with E-state index in [9.17, 15) is 19.0 Å². The predicted octanol–water partition coefficient (Wildman–Crippen LogP) is 10.2. The molecular formula is C38H74NO9P. The molecule has 0 aliphatic rings. The monoisotopic (exact) mass is 720 g/mol. The van der Waals surface area contributed by atoms with E-state index in [0.29, 0.717) is 13.0 Å². The summed E-state index contributed by atoms with van der Waals surface area (Å²) in [7, 11) is -4.60. The third-order valence-electron chi connectivity index (χ3n) is 8.54. The summed E-state index contributed by atoms with van der Waals surface area (Å²) in [6.45, 7) is 3.84. The third kappa shape index (κ3) is 34.9. The maximum Gasteiger partial charge on any atom is 0.472 e. The quantitative estimate of drug-likeness (QED) is 0.0243. The second-order valence-electron chi connectivity index (χ2n) is 13.4. The molecule has 0 aromatic rings. The number of rotatable bonds is 38. The summed E-state index contributed by atoms with van der Waals surface area (Å²) in [6, 6.07) is -1.47. The van der Waals surface area contributed by atoms with Crippen molar-refractivity contribution < 1.29 is 42.7 Å². The average Bonchev–Trinajstić information content (AvgIpc) is 3.07. The van der Waals surface area contributed by atoms with Gasteiger partial charge >= 0.3 is 19.8 Å². The lowest BCUT2D eigenvalue weighted by Crippen LogP contribution is -2.34. The third-order valence-corrected chi connectivity index (χ3v) is 9.50. The van der Waals surface area contributed by atoms with Crippen molar-refractivity contribution in [2.75, 3.05) is 26.4 Å². The molecule has 0 aliphatic heterocycles. The van der Waals surface area contributed by atoms with E-state index in [1.165, 1.54) is 96.3 Å². The highest BCUT2D eigenvalue weighted by atomic mass is 31.2. The van der Waals surface area contributed by atoms with Gasteiger partial charge in [0.15, 0.2) is 0 Å². The Bertz CT molecular complexity index is 842. The maximum atomic E-state index is 12.5. The van der Waals surface area contributed by atoms with Crippen LogP contribution in [0.2, 0.25) is 0 Å². The standard InChI is InChI=1S/C38H74NO9P/c1-3-5-7-9-11-13-15-16-17-18-19-21-23-25-27-29-31-45-32-35(33-46-49(43,44)47-34-36(39)38(41)42)48-37(40)30-28-26-24-22-20-14-12-10-8-6-4-2/h10,12,35-36H,3-9,11,13-34,39H2,1-2H3,(H,41,42)(H,43,44)/b12-10-. The first kappa shape index (κ1) is 47.7. The Morgan fingerprint density at radius 3 is 1.61 bits per heavy atom. The van der Waals surface area contributed by atoms with Crippen LogP contribution in [0.15, 0.2) is 12.2 Å². The fourth-order valence-corrected chi connectivity index (χ4v) is 6.19. The van der Waals surface area contributed by atoms with Gasteiger partial charge in [-0.25, -0.2) is 4.57 Å². The zero-order chi connectivity index (χ0) is 36.3. The van der Waals surface area contributed by atoms with E-state index in [1.807, 2.05) is 0 Å². The molecule has 0 bridgehead atoms. The Labute approximate surface area is 299 Å². The molecule has 0 radical (unpaired) electrons. The van der Waals surface area contributed by atoms with E-state index >= 15 is 0 Å². The van der Waals surface area contributed by atoms with E-state index in [0.717, 1.165) is 57.8 Å². The number of esters is 1. The lowest BCUT2D eigenvalue weighted by atomic mass is 10.0. The van der Waals surface area contributed by atoms with Crippen molar-refractivity contribution >= 4 is 19.8 Å². The van der Waals surface area contributed by atoms with Crippen LogP contribution in [0.25, 0.3) is 0 Å². The molecule has 0 rings (SSSR count). The minimum absolute atomic E-state index is 0.0187. The molecule has 0 heterocycles. The number of carboxylic acid groups (broad SMARTS) is 1. The summed E-state index contributed by atoms with van der Waals surface area (Å²) < 4.78 is 33.2. The van der Waals surface area contributed by atoms with Gasteiger partial charge in [-0.3, -0.25) is 18.6 Å². The van der Waals surface area contributed by atoms with Gasteiger partial charge in [-0.15, -0.1) is 0 Å². The van der Waals surface area contributed by atoms with Crippen molar-refractivity contribution in [1.82, 2.24) is 0 Å². The molecule has 0 aromatic carbocycles. The molecular weight excluding hydrogens is 645 g/mol. The van der Waals surface area contributed by atoms with Gasteiger partial charge in [-0.1, -0.05) is 154 Å². The molecule has 3 unspecified atom stereocenters. The van der Waals surface area contributed by atoms with Crippen molar-refractivity contribution in [3.63, 3.8) is 0 Å². The van der Waals surface area contributed by atoms with Gasteiger partial charge in [-0.05, 0) is 32.1 Å². The highest BCUT2D eigenvalue weighted by molar-refractivity contribution is 7.47. The number of carbonyl (C=O) groups is 2. The number of ether oxygens (including phenoxy) is 2. The second-order valence-corrected chi connectivity index (χ2v) is 14.9. The van der Waals surface area contributed by atoms with Crippen LogP contribution >= 0.6 is 7.82 Å². The van der Waals surface area contributed by atoms with Crippen molar-refractivity contribution in [3.8, 4) is 0 Å². The number of hydrogen-bond acceptors (Lipinski definition) is 8. The number of carboxylic acids is 1. The van der Waals surface area contributed by atoms with Crippen LogP contribution in [0.1, 0.15) is 181 Å². The largest absolute Gasteiger partial charge is 0.480 e. The number of aliphatic carboxylic acids is 1. The molecule has 0 aliphatic carbocycles. The second kappa shape index (κ2) is 35.1. The van der Waals surface area contributed by atoms with Gasteiger partial charge in [0.25, 0.3) is 0 Å². The molecule has 49 heavy (non-hydrogen) atoms. The summed E-state index contributed by atoms with van der Waals surface area (Å²) in [5.41, 5.74) is 5.34. The fraction of sp³-hybridized carbons (Fsp3) is 0.895. The number of phosphoric ester groups is 1. The highest BCUT2D eigenvalue weighted by Crippen LogP contribution is 2.43. The van der Waals surface area contributed by atoms with Crippen molar-refractivity contribution in [1.29, 1.82) is 0 Å². The summed E-state index contributed by atoms with van der Waals surface area (Å²) in [4.78, 5) is 33.4. The first-order chi connectivity index (χ1) is 23.7. The van der Waals surface area contributed by atoms with Gasteiger partial charge in [0.2, 0.25) is 0 Å². The number of allylic oxidation sites excluding steroid dienone is 2. The zero-order valence-electron chi connectivity index (χ0n) is 31.3. The first-order valence-electron chi connectivity index (χ1n) is 19.7. The van der Waals surface area contributed by atoms with Gasteiger partial charge < -0.3 is 25.2 Å². The fourth-order valence-electron chi connectivity index (χ4n) is 5.41. The van der Waals surface area contributed by atoms with Crippen molar-refractivity contribution in [2.45, 2.75) is 193 Å². The van der Waals surface area contributed by atoms with E-state index in [2.05, 4.69) is 26.0 Å². The number of hydrogen-bond donors (Lipinski definition) is 3. The molecule has 10 nitrogen and oxygen atoms in total. The molecule has 0 fully saturated rings. The van der Waals surface area contributed by atoms with Crippen molar-refractivity contribution in [2.24, 2.45) is 5.73 Å². The number of phosphoric acid groups is 1. The van der Waals surface area contributed by atoms with Gasteiger partial charge in [0, 0.05) is 13.0 Å². The Balaban J connectivity index is 4.24. The average molecular weight is 720 g/mol. The van der Waals surface area contributed by atoms with Crippen LogP contribution in [-0.4, -0.2) is 60.5 Å². The molecule has 290 valence electrons. The maximum absolute atomic E-state index is 12.5. The summed E-state index contributed by atoms with van der Waals surface area (Å²) in [5, 5.41) is 8.86. The van der Waals surface area contributed by atoms with Crippen LogP contribution in [0.5, 0.6) is 0 Å². The van der Waals surface area contributed by atoms with Crippen molar-refractivity contribution in [3.05, 3.63) is 12.2 Å². The molecule has 0 saturated heterocycles. The van der Waals surface area contributed by atoms with Gasteiger partial charge in [-0.2, -0.15) is 0 Å². The predicted molar refractivity (Wildman–Crippen MR) is 199 cm³/mol. The van der Waals surface area contributed by atoms with Crippen LogP contribution in [-0.2, 0) is 32.7 Å². The first-order valence-corrected chi connectivity index (χ1v) is 21.2. The Morgan fingerprint density at radius 1 is 0.633 bits per heavy atom. The minimum atomic E-state index is -4.60. The molecule has 0 aromatic heterocycles. The van der Waals surface area contributed by atoms with E-state index in [-0.39, 0.29) is 13.0 Å². The number of unbranched alkanes of at least 4 members (excludes halogenated alkanes) is 22. The lowest BCUT2D eigenvalue weighted by Gasteiger charge is -2.20. The van der Waals surface area contributed by atoms with E-state index in [1.54, 1.807) is 0 Å². The summed E-state index contributed by atoms with van der Waals surface area (Å²) >= 11 is 0. The van der Waals surface area contributed by atoms with Crippen LogP contribution in [0, 0.1) is 0 Å². The molecule has 11 heteroatoms. The number of nitrogens with two attached hydrogens (primary N) is 1. The number of carbonyl (C=O) groups excluding carboxylic acids is 1. The lowest BCUT2D eigenvalue weighted by molar-refractivity contribution is -0.154. The SMILES string of the molecule is CCCC/C=C\CCCCCCCC(=O)OC(COCCCCCCCCCCCCCCCCCC)COP(=O)(O)OCC(N)C(=O)O. The van der Waals surface area contributed by atoms with Crippen LogP contribution in [0.4, 0.5) is 0 Å². The van der Waals surface area contributed by atoms with E-state index in [4.69, 9.17) is 29.4 Å². The highest BCUT2D eigenvalue weighted by Gasteiger charge is 2.27. The van der Waals surface area contributed by atoms with Gasteiger partial charge in [0.05, 0.1) is 19.8 Å². The van der Waals surface area contributed by atoms with Crippen LogP contribution in [0.3, 0.4) is 0 Å². The Morgan fingerprint density at radius 2 is 1.08 bits per heavy atom. The van der Waals surface area contributed by atoms with E-state index < -0.39 is 45.1 Å². The molecule has 4 N–H and O–H groups in total. The smallest absolute Gasteiger partial charge is 0.472 e. The Hall–Kier alpha value is -1.29.